The van der Waals surface area contributed by atoms with Crippen LogP contribution in [0.1, 0.15) is 17.0 Å². The maximum absolute atomic E-state index is 12.5. The molecule has 5 nitrogen and oxygen atoms in total. The molecule has 4 rings (SSSR count). The lowest BCUT2D eigenvalue weighted by Crippen LogP contribution is -2.49. The molecule has 0 aliphatic carbocycles. The van der Waals surface area contributed by atoms with E-state index in [0.29, 0.717) is 6.42 Å². The summed E-state index contributed by atoms with van der Waals surface area (Å²) in [5.74, 6) is 1.31. The van der Waals surface area contributed by atoms with E-state index in [0.717, 1.165) is 44.1 Å². The number of carbonyl (C=O) groups is 1. The number of rotatable bonds is 4. The van der Waals surface area contributed by atoms with E-state index in [1.165, 1.54) is 15.0 Å². The summed E-state index contributed by atoms with van der Waals surface area (Å²) in [6.45, 7) is 5.24. The number of nitrogens with zero attached hydrogens (tertiary/aromatic N) is 4. The van der Waals surface area contributed by atoms with Gasteiger partial charge in [0.05, 0.1) is 15.9 Å². The van der Waals surface area contributed by atoms with E-state index in [9.17, 15) is 4.79 Å². The molecule has 0 N–H and O–H groups in total. The van der Waals surface area contributed by atoms with Crippen LogP contribution < -0.4 is 4.90 Å². The van der Waals surface area contributed by atoms with Crippen molar-refractivity contribution < 1.29 is 4.79 Å². The summed E-state index contributed by atoms with van der Waals surface area (Å²) in [7, 11) is 0. The first-order chi connectivity index (χ1) is 12.2. The van der Waals surface area contributed by atoms with Crippen molar-refractivity contribution >= 4 is 44.7 Å². The van der Waals surface area contributed by atoms with E-state index in [1.807, 2.05) is 23.4 Å². The zero-order valence-corrected chi connectivity index (χ0v) is 15.8. The first-order valence-electron chi connectivity index (χ1n) is 8.48. The van der Waals surface area contributed by atoms with E-state index in [1.54, 1.807) is 22.9 Å². The molecule has 7 heteroatoms. The van der Waals surface area contributed by atoms with Gasteiger partial charge in [-0.15, -0.1) is 11.3 Å². The summed E-state index contributed by atoms with van der Waals surface area (Å²) < 4.78 is 5.85. The van der Waals surface area contributed by atoms with Crippen molar-refractivity contribution in [2.45, 2.75) is 19.8 Å². The molecule has 0 radical (unpaired) electrons. The van der Waals surface area contributed by atoms with Gasteiger partial charge in [-0.05, 0) is 37.0 Å². The number of fused-ring (bicyclic) bond motifs is 1. The van der Waals surface area contributed by atoms with Gasteiger partial charge < -0.3 is 9.80 Å². The molecular formula is C18H20N4OS2. The standard InChI is InChI=1S/C18H20N4OS2/c1-13-15(24-12-19-13)6-7-17(23)21-8-10-22(11-9-21)18-14-4-2-3-5-16(14)25-20-18/h2-5,12H,6-11H2,1H3. The zero-order valence-electron chi connectivity index (χ0n) is 14.1. The average Bonchev–Trinajstić information content (AvgIpc) is 3.26. The van der Waals surface area contributed by atoms with E-state index in [-0.39, 0.29) is 5.91 Å². The van der Waals surface area contributed by atoms with E-state index < -0.39 is 0 Å². The molecule has 0 saturated carbocycles. The number of benzene rings is 1. The molecule has 0 spiro atoms. The topological polar surface area (TPSA) is 49.3 Å². The molecule has 1 aliphatic rings. The van der Waals surface area contributed by atoms with Crippen molar-refractivity contribution in [2.24, 2.45) is 0 Å². The average molecular weight is 373 g/mol. The second-order valence-corrected chi connectivity index (χ2v) is 7.98. The molecule has 0 bridgehead atoms. The maximum Gasteiger partial charge on any atom is 0.223 e. The minimum Gasteiger partial charge on any atom is -0.352 e. The molecule has 25 heavy (non-hydrogen) atoms. The molecule has 0 unspecified atom stereocenters. The van der Waals surface area contributed by atoms with Gasteiger partial charge in [0.1, 0.15) is 5.82 Å². The van der Waals surface area contributed by atoms with Crippen molar-refractivity contribution in [3.63, 3.8) is 0 Å². The van der Waals surface area contributed by atoms with Crippen molar-refractivity contribution in [3.8, 4) is 0 Å². The van der Waals surface area contributed by atoms with Crippen LogP contribution in [0, 0.1) is 6.92 Å². The Labute approximate surface area is 155 Å². The Balaban J connectivity index is 1.35. The van der Waals surface area contributed by atoms with E-state index in [4.69, 9.17) is 0 Å². The van der Waals surface area contributed by atoms with Crippen LogP contribution in [0.4, 0.5) is 5.82 Å². The fourth-order valence-electron chi connectivity index (χ4n) is 3.21. The predicted octanol–water partition coefficient (Wildman–Crippen LogP) is 3.34. The number of piperazine rings is 1. The SMILES string of the molecule is Cc1ncsc1CCC(=O)N1CCN(c2nsc3ccccc23)CC1. The Morgan fingerprint density at radius 1 is 1.20 bits per heavy atom. The Morgan fingerprint density at radius 3 is 2.76 bits per heavy atom. The second-order valence-electron chi connectivity index (χ2n) is 6.23. The van der Waals surface area contributed by atoms with Crippen LogP contribution in [0.3, 0.4) is 0 Å². The summed E-state index contributed by atoms with van der Waals surface area (Å²) in [5.41, 5.74) is 2.91. The minimum absolute atomic E-state index is 0.246. The quantitative estimate of drug-likeness (QED) is 0.705. The van der Waals surface area contributed by atoms with Crippen molar-refractivity contribution in [1.82, 2.24) is 14.3 Å². The highest BCUT2D eigenvalue weighted by Gasteiger charge is 2.23. The van der Waals surface area contributed by atoms with Crippen molar-refractivity contribution in [2.75, 3.05) is 31.1 Å². The number of thiazole rings is 1. The third-order valence-electron chi connectivity index (χ3n) is 4.70. The van der Waals surface area contributed by atoms with Gasteiger partial charge in [-0.25, -0.2) is 4.98 Å². The smallest absolute Gasteiger partial charge is 0.223 e. The first kappa shape index (κ1) is 16.5. The number of hydrogen-bond donors (Lipinski definition) is 0. The number of hydrogen-bond acceptors (Lipinski definition) is 6. The molecule has 1 saturated heterocycles. The Hall–Kier alpha value is -1.99. The highest BCUT2D eigenvalue weighted by atomic mass is 32.1. The fraction of sp³-hybridized carbons (Fsp3) is 0.389. The maximum atomic E-state index is 12.5. The first-order valence-corrected chi connectivity index (χ1v) is 10.1. The zero-order chi connectivity index (χ0) is 17.2. The van der Waals surface area contributed by atoms with Gasteiger partial charge in [0, 0.05) is 42.9 Å². The summed E-state index contributed by atoms with van der Waals surface area (Å²) in [6, 6.07) is 8.34. The van der Waals surface area contributed by atoms with Gasteiger partial charge in [-0.3, -0.25) is 4.79 Å². The van der Waals surface area contributed by atoms with E-state index >= 15 is 0 Å². The van der Waals surface area contributed by atoms with Crippen LogP contribution in [0.15, 0.2) is 29.8 Å². The molecule has 130 valence electrons. The van der Waals surface area contributed by atoms with Gasteiger partial charge in [0.15, 0.2) is 0 Å². The van der Waals surface area contributed by atoms with Gasteiger partial charge in [0.25, 0.3) is 0 Å². The lowest BCUT2D eigenvalue weighted by molar-refractivity contribution is -0.131. The Morgan fingerprint density at radius 2 is 2.00 bits per heavy atom. The molecule has 1 fully saturated rings. The highest BCUT2D eigenvalue weighted by Crippen LogP contribution is 2.29. The van der Waals surface area contributed by atoms with Crippen molar-refractivity contribution in [3.05, 3.63) is 40.3 Å². The Kier molecular flexibility index (Phi) is 4.67. The van der Waals surface area contributed by atoms with Gasteiger partial charge >= 0.3 is 0 Å². The van der Waals surface area contributed by atoms with Crippen LogP contribution in [-0.2, 0) is 11.2 Å². The molecule has 1 aliphatic heterocycles. The molecular weight excluding hydrogens is 352 g/mol. The van der Waals surface area contributed by atoms with Crippen LogP contribution >= 0.6 is 22.9 Å². The summed E-state index contributed by atoms with van der Waals surface area (Å²) >= 11 is 3.19. The number of aryl methyl sites for hydroxylation is 2. The monoisotopic (exact) mass is 372 g/mol. The molecule has 1 aromatic carbocycles. The van der Waals surface area contributed by atoms with E-state index in [2.05, 4.69) is 32.5 Å². The summed E-state index contributed by atoms with van der Waals surface area (Å²) in [6.07, 6.45) is 1.37. The van der Waals surface area contributed by atoms with Gasteiger partial charge in [0.2, 0.25) is 5.91 Å². The third-order valence-corrected chi connectivity index (χ3v) is 6.51. The minimum atomic E-state index is 0.246. The highest BCUT2D eigenvalue weighted by molar-refractivity contribution is 7.13. The largest absolute Gasteiger partial charge is 0.352 e. The number of aromatic nitrogens is 2. The molecule has 0 atom stereocenters. The number of amides is 1. The number of anilines is 1. The molecule has 3 heterocycles. The summed E-state index contributed by atoms with van der Waals surface area (Å²) in [5, 5.41) is 1.22. The normalized spacial score (nSPS) is 15.1. The van der Waals surface area contributed by atoms with Gasteiger partial charge in [-0.2, -0.15) is 4.37 Å². The van der Waals surface area contributed by atoms with Crippen molar-refractivity contribution in [1.29, 1.82) is 0 Å². The lowest BCUT2D eigenvalue weighted by atomic mass is 10.2. The van der Waals surface area contributed by atoms with Crippen LogP contribution in [0.5, 0.6) is 0 Å². The van der Waals surface area contributed by atoms with Crippen LogP contribution in [0.2, 0.25) is 0 Å². The molecule has 2 aromatic heterocycles. The second kappa shape index (κ2) is 7.09. The molecule has 3 aromatic rings. The van der Waals surface area contributed by atoms with Crippen LogP contribution in [-0.4, -0.2) is 46.3 Å². The summed E-state index contributed by atoms with van der Waals surface area (Å²) in [4.78, 5) is 22.3. The Bertz CT molecular complexity index is 880. The van der Waals surface area contributed by atoms with Gasteiger partial charge in [-0.1, -0.05) is 12.1 Å². The predicted molar refractivity (Wildman–Crippen MR) is 104 cm³/mol. The van der Waals surface area contributed by atoms with Crippen LogP contribution in [0.25, 0.3) is 10.1 Å². The fourth-order valence-corrected chi connectivity index (χ4v) is 4.79. The molecule has 1 amide bonds. The lowest BCUT2D eigenvalue weighted by Gasteiger charge is -2.35. The third kappa shape index (κ3) is 3.39. The number of carbonyl (C=O) groups excluding carboxylic acids is 1.